The molecule has 1 atom stereocenters. The van der Waals surface area contributed by atoms with E-state index in [0.29, 0.717) is 23.6 Å². The number of amides is 1. The summed E-state index contributed by atoms with van der Waals surface area (Å²) in [6.45, 7) is 10.9. The Labute approximate surface area is 109 Å². The van der Waals surface area contributed by atoms with Crippen LogP contribution in [0.4, 0.5) is 4.39 Å². The molecule has 0 aliphatic heterocycles. The minimum Gasteiger partial charge on any atom is -0.352 e. The van der Waals surface area contributed by atoms with Gasteiger partial charge in [0.05, 0.1) is 0 Å². The van der Waals surface area contributed by atoms with E-state index >= 15 is 0 Å². The zero-order valence-electron chi connectivity index (χ0n) is 11.8. The van der Waals surface area contributed by atoms with Gasteiger partial charge in [0, 0.05) is 12.1 Å². The standard InChI is InChI=1S/C15H22FNO/c1-10-8-12(16)6-7-13(10)14(18)17-9-11(2)15(3,4)5/h6-8,11H,9H2,1-5H3,(H,17,18). The van der Waals surface area contributed by atoms with Crippen LogP contribution in [0.3, 0.4) is 0 Å². The molecule has 0 radical (unpaired) electrons. The van der Waals surface area contributed by atoms with Crippen LogP contribution in [0.2, 0.25) is 0 Å². The zero-order chi connectivity index (χ0) is 13.9. The predicted molar refractivity (Wildman–Crippen MR) is 72.1 cm³/mol. The van der Waals surface area contributed by atoms with Gasteiger partial charge in [-0.05, 0) is 42.0 Å². The lowest BCUT2D eigenvalue weighted by molar-refractivity contribution is 0.0936. The van der Waals surface area contributed by atoms with Crippen molar-refractivity contribution in [3.05, 3.63) is 35.1 Å². The van der Waals surface area contributed by atoms with Gasteiger partial charge in [0.2, 0.25) is 0 Å². The van der Waals surface area contributed by atoms with Crippen molar-refractivity contribution < 1.29 is 9.18 Å². The predicted octanol–water partition coefficient (Wildman–Crippen LogP) is 3.55. The maximum atomic E-state index is 12.9. The van der Waals surface area contributed by atoms with Crippen molar-refractivity contribution in [2.45, 2.75) is 34.6 Å². The van der Waals surface area contributed by atoms with Crippen LogP contribution >= 0.6 is 0 Å². The SMILES string of the molecule is Cc1cc(F)ccc1C(=O)NCC(C)C(C)(C)C. The number of nitrogens with one attached hydrogen (secondary N) is 1. The van der Waals surface area contributed by atoms with Gasteiger partial charge in [-0.2, -0.15) is 0 Å². The molecule has 0 heterocycles. The third-order valence-electron chi connectivity index (χ3n) is 3.48. The monoisotopic (exact) mass is 251 g/mol. The number of hydrogen-bond donors (Lipinski definition) is 1. The maximum absolute atomic E-state index is 12.9. The van der Waals surface area contributed by atoms with Crippen molar-refractivity contribution in [3.8, 4) is 0 Å². The highest BCUT2D eigenvalue weighted by molar-refractivity contribution is 5.95. The van der Waals surface area contributed by atoms with E-state index in [4.69, 9.17) is 0 Å². The largest absolute Gasteiger partial charge is 0.352 e. The number of hydrogen-bond acceptors (Lipinski definition) is 1. The third-order valence-corrected chi connectivity index (χ3v) is 3.48. The summed E-state index contributed by atoms with van der Waals surface area (Å²) in [6, 6.07) is 4.22. The van der Waals surface area contributed by atoms with Crippen LogP contribution in [0.25, 0.3) is 0 Å². The van der Waals surface area contributed by atoms with Gasteiger partial charge in [0.15, 0.2) is 0 Å². The molecule has 1 aromatic rings. The molecule has 1 unspecified atom stereocenters. The minimum absolute atomic E-state index is 0.136. The Morgan fingerprint density at radius 1 is 1.39 bits per heavy atom. The Bertz CT molecular complexity index is 435. The van der Waals surface area contributed by atoms with Crippen LogP contribution < -0.4 is 5.32 Å². The van der Waals surface area contributed by atoms with Gasteiger partial charge in [-0.3, -0.25) is 4.79 Å². The molecule has 0 aliphatic rings. The first-order valence-corrected chi connectivity index (χ1v) is 6.26. The summed E-state index contributed by atoms with van der Waals surface area (Å²) >= 11 is 0. The first-order valence-electron chi connectivity index (χ1n) is 6.26. The van der Waals surface area contributed by atoms with E-state index in [1.807, 2.05) is 0 Å². The van der Waals surface area contributed by atoms with Crippen LogP contribution in [-0.4, -0.2) is 12.5 Å². The highest BCUT2D eigenvalue weighted by Crippen LogP contribution is 2.24. The molecule has 1 rings (SSSR count). The van der Waals surface area contributed by atoms with Gasteiger partial charge in [0.25, 0.3) is 5.91 Å². The van der Waals surface area contributed by atoms with Gasteiger partial charge < -0.3 is 5.32 Å². The number of aryl methyl sites for hydroxylation is 1. The van der Waals surface area contributed by atoms with Gasteiger partial charge in [-0.1, -0.05) is 27.7 Å². The Kier molecular flexibility index (Phi) is 4.49. The molecule has 18 heavy (non-hydrogen) atoms. The lowest BCUT2D eigenvalue weighted by Crippen LogP contribution is -2.34. The van der Waals surface area contributed by atoms with Crippen LogP contribution in [0.5, 0.6) is 0 Å². The summed E-state index contributed by atoms with van der Waals surface area (Å²) in [7, 11) is 0. The Morgan fingerprint density at radius 2 is 2.00 bits per heavy atom. The van der Waals surface area contributed by atoms with Crippen molar-refractivity contribution >= 4 is 5.91 Å². The second kappa shape index (κ2) is 5.51. The van der Waals surface area contributed by atoms with Crippen LogP contribution in [0.15, 0.2) is 18.2 Å². The van der Waals surface area contributed by atoms with E-state index in [2.05, 4.69) is 33.0 Å². The van der Waals surface area contributed by atoms with E-state index in [1.165, 1.54) is 18.2 Å². The molecule has 2 nitrogen and oxygen atoms in total. The first kappa shape index (κ1) is 14.7. The molecule has 0 bridgehead atoms. The average Bonchev–Trinajstić information content (AvgIpc) is 2.24. The fourth-order valence-electron chi connectivity index (χ4n) is 1.53. The number of benzene rings is 1. The molecule has 1 aromatic carbocycles. The van der Waals surface area contributed by atoms with Gasteiger partial charge in [-0.15, -0.1) is 0 Å². The molecular formula is C15H22FNO. The molecule has 0 saturated carbocycles. The highest BCUT2D eigenvalue weighted by atomic mass is 19.1. The van der Waals surface area contributed by atoms with Crippen LogP contribution in [0.1, 0.15) is 43.6 Å². The van der Waals surface area contributed by atoms with Crippen molar-refractivity contribution in [1.82, 2.24) is 5.32 Å². The smallest absolute Gasteiger partial charge is 0.251 e. The lowest BCUT2D eigenvalue weighted by atomic mass is 9.82. The second-order valence-corrected chi connectivity index (χ2v) is 5.94. The van der Waals surface area contributed by atoms with E-state index in [-0.39, 0.29) is 17.1 Å². The number of halogens is 1. The summed E-state index contributed by atoms with van der Waals surface area (Å²) in [6.07, 6.45) is 0. The number of carbonyl (C=O) groups is 1. The fraction of sp³-hybridized carbons (Fsp3) is 0.533. The van der Waals surface area contributed by atoms with Gasteiger partial charge in [0.1, 0.15) is 5.82 Å². The number of carbonyl (C=O) groups excluding carboxylic acids is 1. The molecule has 0 fully saturated rings. The maximum Gasteiger partial charge on any atom is 0.251 e. The molecular weight excluding hydrogens is 229 g/mol. The first-order chi connectivity index (χ1) is 8.21. The zero-order valence-corrected chi connectivity index (χ0v) is 11.8. The van der Waals surface area contributed by atoms with Gasteiger partial charge >= 0.3 is 0 Å². The van der Waals surface area contributed by atoms with Crippen molar-refractivity contribution in [2.24, 2.45) is 11.3 Å². The van der Waals surface area contributed by atoms with E-state index < -0.39 is 0 Å². The van der Waals surface area contributed by atoms with Crippen molar-refractivity contribution in [2.75, 3.05) is 6.54 Å². The van der Waals surface area contributed by atoms with Crippen LogP contribution in [-0.2, 0) is 0 Å². The summed E-state index contributed by atoms with van der Waals surface area (Å²) in [5, 5.41) is 2.90. The normalized spacial score (nSPS) is 13.2. The number of rotatable bonds is 3. The second-order valence-electron chi connectivity index (χ2n) is 5.94. The molecule has 0 saturated heterocycles. The van der Waals surface area contributed by atoms with E-state index in [0.717, 1.165) is 0 Å². The summed E-state index contributed by atoms with van der Waals surface area (Å²) in [5.74, 6) is -0.0714. The summed E-state index contributed by atoms with van der Waals surface area (Å²) in [4.78, 5) is 12.0. The molecule has 0 aliphatic carbocycles. The molecule has 0 aromatic heterocycles. The van der Waals surface area contributed by atoms with Crippen LogP contribution in [0, 0.1) is 24.1 Å². The lowest BCUT2D eigenvalue weighted by Gasteiger charge is -2.27. The third kappa shape index (κ3) is 3.83. The van der Waals surface area contributed by atoms with Gasteiger partial charge in [-0.25, -0.2) is 4.39 Å². The summed E-state index contributed by atoms with van der Waals surface area (Å²) < 4.78 is 12.9. The average molecular weight is 251 g/mol. The minimum atomic E-state index is -0.313. The fourth-order valence-corrected chi connectivity index (χ4v) is 1.53. The Hall–Kier alpha value is -1.38. The molecule has 0 spiro atoms. The molecule has 3 heteroatoms. The Morgan fingerprint density at radius 3 is 2.50 bits per heavy atom. The Balaban J connectivity index is 2.66. The quantitative estimate of drug-likeness (QED) is 0.874. The highest BCUT2D eigenvalue weighted by Gasteiger charge is 2.20. The molecule has 1 N–H and O–H groups in total. The van der Waals surface area contributed by atoms with Crippen molar-refractivity contribution in [1.29, 1.82) is 0 Å². The van der Waals surface area contributed by atoms with E-state index in [1.54, 1.807) is 6.92 Å². The summed E-state index contributed by atoms with van der Waals surface area (Å²) in [5.41, 5.74) is 1.36. The van der Waals surface area contributed by atoms with Crippen molar-refractivity contribution in [3.63, 3.8) is 0 Å². The topological polar surface area (TPSA) is 29.1 Å². The molecule has 1 amide bonds. The molecule has 100 valence electrons. The van der Waals surface area contributed by atoms with E-state index in [9.17, 15) is 9.18 Å².